The summed E-state index contributed by atoms with van der Waals surface area (Å²) in [7, 11) is 0. The molecule has 0 radical (unpaired) electrons. The maximum atomic E-state index is 12.9. The van der Waals surface area contributed by atoms with Crippen LogP contribution >= 0.6 is 12.4 Å². The molecule has 6 nitrogen and oxygen atoms in total. The van der Waals surface area contributed by atoms with Crippen LogP contribution in [0.5, 0.6) is 0 Å². The molecule has 0 atom stereocenters. The van der Waals surface area contributed by atoms with Gasteiger partial charge in [-0.1, -0.05) is 12.1 Å². The second-order valence-electron chi connectivity index (χ2n) is 5.82. The average Bonchev–Trinajstić information content (AvgIpc) is 2.93. The van der Waals surface area contributed by atoms with Gasteiger partial charge in [0.1, 0.15) is 0 Å². The molecule has 23 heavy (non-hydrogen) atoms. The second kappa shape index (κ2) is 7.75. The van der Waals surface area contributed by atoms with Crippen molar-refractivity contribution < 1.29 is 9.32 Å². The van der Waals surface area contributed by atoms with Crippen molar-refractivity contribution >= 4 is 29.4 Å². The van der Waals surface area contributed by atoms with Crippen LogP contribution in [0, 0.1) is 6.92 Å². The highest BCUT2D eigenvalue weighted by atomic mass is 35.5. The van der Waals surface area contributed by atoms with Gasteiger partial charge in [0.15, 0.2) is 0 Å². The number of piperidine rings is 1. The Morgan fingerprint density at radius 1 is 1.43 bits per heavy atom. The van der Waals surface area contributed by atoms with Crippen molar-refractivity contribution in [2.75, 3.05) is 19.6 Å². The van der Waals surface area contributed by atoms with E-state index < -0.39 is 0 Å². The lowest BCUT2D eigenvalue weighted by molar-refractivity contribution is 0.0642. The van der Waals surface area contributed by atoms with Crippen molar-refractivity contribution in [2.24, 2.45) is 0 Å². The fourth-order valence-electron chi connectivity index (χ4n) is 3.04. The quantitative estimate of drug-likeness (QED) is 0.927. The van der Waals surface area contributed by atoms with Crippen LogP contribution in [0.3, 0.4) is 0 Å². The smallest absolute Gasteiger partial charge is 0.257 e. The summed E-state index contributed by atoms with van der Waals surface area (Å²) in [5.41, 5.74) is 1.87. The number of rotatable bonds is 4. The third-order valence-corrected chi connectivity index (χ3v) is 4.23. The molecule has 0 aliphatic carbocycles. The van der Waals surface area contributed by atoms with E-state index in [0.29, 0.717) is 17.3 Å². The number of halogens is 1. The minimum atomic E-state index is 0. The first-order valence-corrected chi connectivity index (χ1v) is 7.94. The van der Waals surface area contributed by atoms with Crippen molar-refractivity contribution in [2.45, 2.75) is 39.2 Å². The molecule has 1 amide bonds. The summed E-state index contributed by atoms with van der Waals surface area (Å²) < 4.78 is 5.11. The molecule has 126 valence electrons. The van der Waals surface area contributed by atoms with Crippen LogP contribution in [0.4, 0.5) is 0 Å². The number of nitrogens with zero attached hydrogens (tertiary/aromatic N) is 3. The summed E-state index contributed by atoms with van der Waals surface area (Å²) >= 11 is 0. The Kier molecular flexibility index (Phi) is 5.96. The standard InChI is InChI=1S/C16H22N4O2.ClH/c1-3-8-20(13-4-6-17-7-5-13)16(21)12-9-14-11(2)19-22-15(14)18-10-12;/h9-10,13,17H,3-8H2,1-2H3;1H. The molecule has 1 saturated heterocycles. The van der Waals surface area contributed by atoms with Crippen LogP contribution in [-0.2, 0) is 0 Å². The zero-order valence-corrected chi connectivity index (χ0v) is 14.4. The van der Waals surface area contributed by atoms with Crippen LogP contribution in [0.15, 0.2) is 16.8 Å². The van der Waals surface area contributed by atoms with Crippen molar-refractivity contribution in [3.05, 3.63) is 23.5 Å². The number of carbonyl (C=O) groups excluding carboxylic acids is 1. The normalized spacial score (nSPS) is 15.4. The Morgan fingerprint density at radius 2 is 2.17 bits per heavy atom. The molecule has 0 unspecified atom stereocenters. The van der Waals surface area contributed by atoms with Gasteiger partial charge in [-0.15, -0.1) is 12.4 Å². The third kappa shape index (κ3) is 3.64. The van der Waals surface area contributed by atoms with Crippen molar-refractivity contribution in [3.8, 4) is 0 Å². The third-order valence-electron chi connectivity index (χ3n) is 4.23. The van der Waals surface area contributed by atoms with E-state index in [0.717, 1.165) is 50.0 Å². The minimum Gasteiger partial charge on any atom is -0.336 e. The van der Waals surface area contributed by atoms with Gasteiger partial charge in [-0.2, -0.15) is 0 Å². The van der Waals surface area contributed by atoms with Gasteiger partial charge in [-0.05, 0) is 45.3 Å². The summed E-state index contributed by atoms with van der Waals surface area (Å²) in [5.74, 6) is 0.0590. The largest absolute Gasteiger partial charge is 0.336 e. The van der Waals surface area contributed by atoms with Gasteiger partial charge in [0.25, 0.3) is 11.6 Å². The summed E-state index contributed by atoms with van der Waals surface area (Å²) in [5, 5.41) is 8.06. The Morgan fingerprint density at radius 3 is 2.87 bits per heavy atom. The molecule has 0 saturated carbocycles. The molecule has 1 fully saturated rings. The fraction of sp³-hybridized carbons (Fsp3) is 0.562. The van der Waals surface area contributed by atoms with Crippen LogP contribution < -0.4 is 5.32 Å². The van der Waals surface area contributed by atoms with Crippen molar-refractivity contribution in [1.29, 1.82) is 0 Å². The number of fused-ring (bicyclic) bond motifs is 1. The van der Waals surface area contributed by atoms with Gasteiger partial charge in [-0.25, -0.2) is 4.98 Å². The maximum absolute atomic E-state index is 12.9. The van der Waals surface area contributed by atoms with Gasteiger partial charge in [0.2, 0.25) is 0 Å². The highest BCUT2D eigenvalue weighted by Crippen LogP contribution is 2.20. The number of pyridine rings is 1. The first kappa shape index (κ1) is 17.7. The summed E-state index contributed by atoms with van der Waals surface area (Å²) in [6.07, 6.45) is 4.57. The molecule has 7 heteroatoms. The number of aromatic nitrogens is 2. The Hall–Kier alpha value is -1.66. The van der Waals surface area contributed by atoms with E-state index in [1.165, 1.54) is 0 Å². The van der Waals surface area contributed by atoms with E-state index in [4.69, 9.17) is 4.52 Å². The predicted octanol–water partition coefficient (Wildman–Crippen LogP) is 2.56. The van der Waals surface area contributed by atoms with Crippen molar-refractivity contribution in [3.63, 3.8) is 0 Å². The molecular weight excluding hydrogens is 316 g/mol. The molecular formula is C16H23ClN4O2. The molecule has 0 aromatic carbocycles. The van der Waals surface area contributed by atoms with E-state index in [2.05, 4.69) is 22.4 Å². The molecule has 2 aromatic heterocycles. The molecule has 3 rings (SSSR count). The number of aryl methyl sites for hydroxylation is 1. The fourth-order valence-corrected chi connectivity index (χ4v) is 3.04. The summed E-state index contributed by atoms with van der Waals surface area (Å²) in [6.45, 7) is 6.69. The first-order valence-electron chi connectivity index (χ1n) is 7.94. The highest BCUT2D eigenvalue weighted by Gasteiger charge is 2.26. The van der Waals surface area contributed by atoms with Gasteiger partial charge in [-0.3, -0.25) is 4.79 Å². The SMILES string of the molecule is CCCN(C(=O)c1cnc2onc(C)c2c1)C1CCNCC1.Cl. The number of carbonyl (C=O) groups is 1. The molecule has 2 aromatic rings. The van der Waals surface area contributed by atoms with Gasteiger partial charge >= 0.3 is 0 Å². The summed E-state index contributed by atoms with van der Waals surface area (Å²) in [4.78, 5) is 19.2. The van der Waals surface area contributed by atoms with Crippen LogP contribution in [-0.4, -0.2) is 46.6 Å². The Bertz CT molecular complexity index is 667. The van der Waals surface area contributed by atoms with E-state index in [1.54, 1.807) is 6.20 Å². The maximum Gasteiger partial charge on any atom is 0.257 e. The molecule has 1 aliphatic heterocycles. The Labute approximate surface area is 142 Å². The number of hydrogen-bond donors (Lipinski definition) is 1. The van der Waals surface area contributed by atoms with Gasteiger partial charge < -0.3 is 14.7 Å². The average molecular weight is 339 g/mol. The predicted molar refractivity (Wildman–Crippen MR) is 91.0 cm³/mol. The zero-order chi connectivity index (χ0) is 15.5. The molecule has 0 spiro atoms. The lowest BCUT2D eigenvalue weighted by Crippen LogP contribution is -2.46. The number of nitrogens with one attached hydrogen (secondary N) is 1. The number of hydrogen-bond acceptors (Lipinski definition) is 5. The first-order chi connectivity index (χ1) is 10.7. The van der Waals surface area contributed by atoms with E-state index >= 15 is 0 Å². The topological polar surface area (TPSA) is 71.3 Å². The molecule has 1 N–H and O–H groups in total. The van der Waals surface area contributed by atoms with E-state index in [-0.39, 0.29) is 18.3 Å². The van der Waals surface area contributed by atoms with Crippen LogP contribution in [0.2, 0.25) is 0 Å². The van der Waals surface area contributed by atoms with E-state index in [1.807, 2.05) is 17.9 Å². The van der Waals surface area contributed by atoms with Gasteiger partial charge in [0, 0.05) is 18.8 Å². The van der Waals surface area contributed by atoms with Crippen LogP contribution in [0.25, 0.3) is 11.1 Å². The van der Waals surface area contributed by atoms with Crippen LogP contribution in [0.1, 0.15) is 42.2 Å². The number of amides is 1. The summed E-state index contributed by atoms with van der Waals surface area (Å²) in [6, 6.07) is 2.16. The lowest BCUT2D eigenvalue weighted by atomic mass is 10.0. The van der Waals surface area contributed by atoms with Crippen molar-refractivity contribution in [1.82, 2.24) is 20.4 Å². The molecule has 0 bridgehead atoms. The van der Waals surface area contributed by atoms with E-state index in [9.17, 15) is 4.79 Å². The monoisotopic (exact) mass is 338 g/mol. The second-order valence-corrected chi connectivity index (χ2v) is 5.82. The molecule has 1 aliphatic rings. The highest BCUT2D eigenvalue weighted by molar-refractivity contribution is 5.97. The zero-order valence-electron chi connectivity index (χ0n) is 13.5. The Balaban J connectivity index is 0.00000192. The molecule has 3 heterocycles. The van der Waals surface area contributed by atoms with Gasteiger partial charge in [0.05, 0.1) is 16.6 Å². The minimum absolute atomic E-state index is 0. The lowest BCUT2D eigenvalue weighted by Gasteiger charge is -2.34.